The lowest BCUT2D eigenvalue weighted by Crippen LogP contribution is -1.87. The molecule has 1 nitrogen and oxygen atoms in total. The Hall–Kier alpha value is -0.340. The Kier molecular flexibility index (Phi) is 2.68. The highest BCUT2D eigenvalue weighted by Crippen LogP contribution is 2.27. The fourth-order valence-corrected chi connectivity index (χ4v) is 1.41. The largest absolute Gasteiger partial charge is 0.298 e. The highest BCUT2D eigenvalue weighted by Gasteiger charge is 2.05. The van der Waals surface area contributed by atoms with E-state index in [2.05, 4.69) is 15.9 Å². The Morgan fingerprint density at radius 3 is 2.64 bits per heavy atom. The van der Waals surface area contributed by atoms with Crippen molar-refractivity contribution in [2.45, 2.75) is 6.92 Å². The van der Waals surface area contributed by atoms with Crippen LogP contribution in [0.1, 0.15) is 15.9 Å². The topological polar surface area (TPSA) is 17.1 Å². The molecule has 0 amide bonds. The summed E-state index contributed by atoms with van der Waals surface area (Å²) in [6.45, 7) is 1.85. The second kappa shape index (κ2) is 3.37. The minimum atomic E-state index is 0.486. The maximum Gasteiger partial charge on any atom is 0.151 e. The molecule has 0 spiro atoms. The van der Waals surface area contributed by atoms with E-state index >= 15 is 0 Å². The molecule has 0 aliphatic carbocycles. The molecule has 0 saturated carbocycles. The average Bonchev–Trinajstić information content (AvgIpc) is 1.99. The first-order valence-electron chi connectivity index (χ1n) is 3.06. The van der Waals surface area contributed by atoms with Crippen LogP contribution >= 0.6 is 27.5 Å². The molecule has 0 aliphatic heterocycles. The van der Waals surface area contributed by atoms with Crippen molar-refractivity contribution in [2.24, 2.45) is 0 Å². The van der Waals surface area contributed by atoms with Gasteiger partial charge in [0, 0.05) is 10.0 Å². The zero-order valence-corrected chi connectivity index (χ0v) is 8.24. The molecule has 0 fully saturated rings. The van der Waals surface area contributed by atoms with Crippen molar-refractivity contribution >= 4 is 33.8 Å². The fourth-order valence-electron chi connectivity index (χ4n) is 0.808. The normalized spacial score (nSPS) is 9.73. The number of hydrogen-bond donors (Lipinski definition) is 0. The van der Waals surface area contributed by atoms with Gasteiger partial charge in [0.15, 0.2) is 6.29 Å². The van der Waals surface area contributed by atoms with E-state index < -0.39 is 0 Å². The van der Waals surface area contributed by atoms with E-state index in [1.54, 1.807) is 0 Å². The number of halogens is 2. The standard InChI is InChI=1S/C8H6BrClO/c1-5-2-3-7(9)8(10)6(5)4-11/h2-4H,1H3. The molecular formula is C8H6BrClO. The molecule has 11 heavy (non-hydrogen) atoms. The van der Waals surface area contributed by atoms with Gasteiger partial charge < -0.3 is 0 Å². The first kappa shape index (κ1) is 8.75. The third-order valence-electron chi connectivity index (χ3n) is 1.47. The summed E-state index contributed by atoms with van der Waals surface area (Å²) in [7, 11) is 0. The Balaban J connectivity index is 3.40. The van der Waals surface area contributed by atoms with Gasteiger partial charge in [0.25, 0.3) is 0 Å². The molecular weight excluding hydrogens is 227 g/mol. The molecule has 1 rings (SSSR count). The van der Waals surface area contributed by atoms with Gasteiger partial charge in [-0.3, -0.25) is 4.79 Å². The van der Waals surface area contributed by atoms with E-state index in [-0.39, 0.29) is 0 Å². The van der Waals surface area contributed by atoms with Crippen molar-refractivity contribution in [2.75, 3.05) is 0 Å². The maximum absolute atomic E-state index is 10.5. The molecule has 1 aromatic carbocycles. The Morgan fingerprint density at radius 2 is 2.18 bits per heavy atom. The van der Waals surface area contributed by atoms with Gasteiger partial charge in [0.05, 0.1) is 5.02 Å². The molecule has 0 unspecified atom stereocenters. The predicted molar refractivity (Wildman–Crippen MR) is 49.3 cm³/mol. The smallest absolute Gasteiger partial charge is 0.151 e. The van der Waals surface area contributed by atoms with Crippen LogP contribution in [0.3, 0.4) is 0 Å². The van der Waals surface area contributed by atoms with E-state index in [0.717, 1.165) is 16.3 Å². The first-order valence-corrected chi connectivity index (χ1v) is 4.23. The molecule has 3 heteroatoms. The molecule has 58 valence electrons. The monoisotopic (exact) mass is 232 g/mol. The van der Waals surface area contributed by atoms with Crippen molar-refractivity contribution < 1.29 is 4.79 Å². The Bertz CT molecular complexity index is 296. The van der Waals surface area contributed by atoms with Crippen LogP contribution in [0.2, 0.25) is 5.02 Å². The van der Waals surface area contributed by atoms with Gasteiger partial charge in [0.2, 0.25) is 0 Å². The average molecular weight is 233 g/mol. The van der Waals surface area contributed by atoms with Crippen LogP contribution in [0.4, 0.5) is 0 Å². The molecule has 0 bridgehead atoms. The molecule has 0 N–H and O–H groups in total. The second-order valence-electron chi connectivity index (χ2n) is 2.21. The van der Waals surface area contributed by atoms with Gasteiger partial charge in [-0.25, -0.2) is 0 Å². The van der Waals surface area contributed by atoms with Gasteiger partial charge in [-0.15, -0.1) is 0 Å². The molecule has 0 aliphatic rings. The van der Waals surface area contributed by atoms with Crippen LogP contribution < -0.4 is 0 Å². The summed E-state index contributed by atoms with van der Waals surface area (Å²) in [6, 6.07) is 3.67. The SMILES string of the molecule is Cc1ccc(Br)c(Cl)c1C=O. The summed E-state index contributed by atoms with van der Waals surface area (Å²) in [5, 5.41) is 0.486. The van der Waals surface area contributed by atoms with Crippen LogP contribution in [-0.4, -0.2) is 6.29 Å². The number of benzene rings is 1. The van der Waals surface area contributed by atoms with Gasteiger partial charge in [-0.05, 0) is 34.5 Å². The Morgan fingerprint density at radius 1 is 1.55 bits per heavy atom. The predicted octanol–water partition coefficient (Wildman–Crippen LogP) is 3.22. The molecule has 0 aromatic heterocycles. The van der Waals surface area contributed by atoms with Gasteiger partial charge in [-0.1, -0.05) is 17.7 Å². The van der Waals surface area contributed by atoms with Crippen LogP contribution in [0.25, 0.3) is 0 Å². The second-order valence-corrected chi connectivity index (χ2v) is 3.44. The zero-order valence-electron chi connectivity index (χ0n) is 5.90. The van der Waals surface area contributed by atoms with Crippen LogP contribution in [0, 0.1) is 6.92 Å². The zero-order chi connectivity index (χ0) is 8.43. The number of hydrogen-bond acceptors (Lipinski definition) is 1. The highest BCUT2D eigenvalue weighted by molar-refractivity contribution is 9.10. The van der Waals surface area contributed by atoms with Gasteiger partial charge in [0.1, 0.15) is 0 Å². The quantitative estimate of drug-likeness (QED) is 0.681. The number of aldehydes is 1. The van der Waals surface area contributed by atoms with Crippen LogP contribution in [0.5, 0.6) is 0 Å². The maximum atomic E-state index is 10.5. The number of carbonyl (C=O) groups excluding carboxylic acids is 1. The molecule has 0 saturated heterocycles. The highest BCUT2D eigenvalue weighted by atomic mass is 79.9. The van der Waals surface area contributed by atoms with E-state index in [1.165, 1.54) is 0 Å². The number of carbonyl (C=O) groups is 1. The summed E-state index contributed by atoms with van der Waals surface area (Å²) < 4.78 is 0.756. The lowest BCUT2D eigenvalue weighted by atomic mass is 10.1. The van der Waals surface area contributed by atoms with Crippen LogP contribution in [0.15, 0.2) is 16.6 Å². The van der Waals surface area contributed by atoms with Crippen molar-refractivity contribution in [3.63, 3.8) is 0 Å². The van der Waals surface area contributed by atoms with Crippen molar-refractivity contribution in [1.29, 1.82) is 0 Å². The summed E-state index contributed by atoms with van der Waals surface area (Å²) in [6.07, 6.45) is 0.766. The summed E-state index contributed by atoms with van der Waals surface area (Å²) >= 11 is 9.05. The van der Waals surface area contributed by atoms with Crippen molar-refractivity contribution in [1.82, 2.24) is 0 Å². The lowest BCUT2D eigenvalue weighted by molar-refractivity contribution is 0.112. The molecule has 0 atom stereocenters. The third-order valence-corrected chi connectivity index (χ3v) is 2.76. The number of rotatable bonds is 1. The van der Waals surface area contributed by atoms with Gasteiger partial charge in [-0.2, -0.15) is 0 Å². The Labute approximate surface area is 78.5 Å². The van der Waals surface area contributed by atoms with E-state index in [0.29, 0.717) is 10.6 Å². The third kappa shape index (κ3) is 1.63. The van der Waals surface area contributed by atoms with Crippen LogP contribution in [-0.2, 0) is 0 Å². The fraction of sp³-hybridized carbons (Fsp3) is 0.125. The summed E-state index contributed by atoms with van der Waals surface area (Å²) in [5.74, 6) is 0. The van der Waals surface area contributed by atoms with E-state index in [1.807, 2.05) is 19.1 Å². The minimum absolute atomic E-state index is 0.486. The molecule has 0 radical (unpaired) electrons. The number of aryl methyl sites for hydroxylation is 1. The molecule has 0 heterocycles. The van der Waals surface area contributed by atoms with E-state index in [9.17, 15) is 4.79 Å². The minimum Gasteiger partial charge on any atom is -0.298 e. The lowest BCUT2D eigenvalue weighted by Gasteiger charge is -2.01. The molecule has 1 aromatic rings. The van der Waals surface area contributed by atoms with Crippen molar-refractivity contribution in [3.8, 4) is 0 Å². The van der Waals surface area contributed by atoms with Crippen molar-refractivity contribution in [3.05, 3.63) is 32.8 Å². The van der Waals surface area contributed by atoms with Gasteiger partial charge >= 0.3 is 0 Å². The summed E-state index contributed by atoms with van der Waals surface area (Å²) in [4.78, 5) is 10.5. The first-order chi connectivity index (χ1) is 5.16. The summed E-state index contributed by atoms with van der Waals surface area (Å²) in [5.41, 5.74) is 1.45. The van der Waals surface area contributed by atoms with E-state index in [4.69, 9.17) is 11.6 Å².